The van der Waals surface area contributed by atoms with Crippen molar-refractivity contribution in [1.82, 2.24) is 9.47 Å². The number of aromatic nitrogens is 1. The highest BCUT2D eigenvalue weighted by Crippen LogP contribution is 2.23. The lowest BCUT2D eigenvalue weighted by atomic mass is 10.1. The molecule has 3 nitrogen and oxygen atoms in total. The second-order valence-electron chi connectivity index (χ2n) is 5.24. The molecule has 2 rings (SSSR count). The number of aryl methyl sites for hydroxylation is 1. The van der Waals surface area contributed by atoms with Crippen LogP contribution in [0.3, 0.4) is 0 Å². The molecular formula is C17H21BrN2O. The lowest BCUT2D eigenvalue weighted by molar-refractivity contribution is 0.0731. The molecule has 1 heterocycles. The SMILES string of the molecule is CCCn1cc(Br)cc1C(=O)N(C)C(C)c1ccccc1. The number of hydrogen-bond donors (Lipinski definition) is 0. The Labute approximate surface area is 134 Å². The summed E-state index contributed by atoms with van der Waals surface area (Å²) in [6, 6.07) is 12.0. The first-order valence-electron chi connectivity index (χ1n) is 7.22. The third kappa shape index (κ3) is 3.56. The van der Waals surface area contributed by atoms with Gasteiger partial charge in [-0.2, -0.15) is 0 Å². The predicted octanol–water partition coefficient (Wildman–Crippen LogP) is 4.49. The standard InChI is InChI=1S/C17H21BrN2O/c1-4-10-20-12-15(18)11-16(20)17(21)19(3)13(2)14-8-6-5-7-9-14/h5-9,11-13H,4,10H2,1-3H3. The minimum atomic E-state index is 0.0439. The van der Waals surface area contributed by atoms with Gasteiger partial charge < -0.3 is 9.47 Å². The highest BCUT2D eigenvalue weighted by molar-refractivity contribution is 9.10. The first-order valence-corrected chi connectivity index (χ1v) is 8.01. The number of carbonyl (C=O) groups excluding carboxylic acids is 1. The molecule has 1 amide bonds. The maximum atomic E-state index is 12.8. The molecule has 1 aromatic carbocycles. The summed E-state index contributed by atoms with van der Waals surface area (Å²) < 4.78 is 2.96. The number of halogens is 1. The van der Waals surface area contributed by atoms with Gasteiger partial charge in [0.2, 0.25) is 0 Å². The van der Waals surface area contributed by atoms with Crippen molar-refractivity contribution in [2.24, 2.45) is 0 Å². The summed E-state index contributed by atoms with van der Waals surface area (Å²) in [5.41, 5.74) is 1.87. The monoisotopic (exact) mass is 348 g/mol. The van der Waals surface area contributed by atoms with E-state index in [1.165, 1.54) is 0 Å². The van der Waals surface area contributed by atoms with Crippen LogP contribution in [0.4, 0.5) is 0 Å². The fourth-order valence-electron chi connectivity index (χ4n) is 2.39. The zero-order valence-corrected chi connectivity index (χ0v) is 14.3. The molecule has 0 bridgehead atoms. The Morgan fingerprint density at radius 1 is 1.33 bits per heavy atom. The Morgan fingerprint density at radius 2 is 2.00 bits per heavy atom. The van der Waals surface area contributed by atoms with Crippen molar-refractivity contribution in [3.8, 4) is 0 Å². The van der Waals surface area contributed by atoms with Crippen LogP contribution < -0.4 is 0 Å². The molecule has 1 aromatic heterocycles. The molecule has 0 radical (unpaired) electrons. The molecule has 1 atom stereocenters. The van der Waals surface area contributed by atoms with E-state index in [-0.39, 0.29) is 11.9 Å². The van der Waals surface area contributed by atoms with Gasteiger partial charge in [0.1, 0.15) is 5.69 Å². The predicted molar refractivity (Wildman–Crippen MR) is 89.4 cm³/mol. The van der Waals surface area contributed by atoms with Crippen LogP contribution in [0.5, 0.6) is 0 Å². The van der Waals surface area contributed by atoms with Gasteiger partial charge in [-0.3, -0.25) is 4.79 Å². The molecule has 2 aromatic rings. The molecule has 0 aliphatic carbocycles. The van der Waals surface area contributed by atoms with Crippen molar-refractivity contribution in [1.29, 1.82) is 0 Å². The van der Waals surface area contributed by atoms with Gasteiger partial charge in [0.25, 0.3) is 5.91 Å². The van der Waals surface area contributed by atoms with E-state index in [1.54, 1.807) is 4.90 Å². The molecular weight excluding hydrogens is 328 g/mol. The fraction of sp³-hybridized carbons (Fsp3) is 0.353. The number of hydrogen-bond acceptors (Lipinski definition) is 1. The van der Waals surface area contributed by atoms with Gasteiger partial charge in [0.15, 0.2) is 0 Å². The van der Waals surface area contributed by atoms with E-state index in [1.807, 2.05) is 42.1 Å². The van der Waals surface area contributed by atoms with Crippen LogP contribution in [0.1, 0.15) is 42.4 Å². The number of benzene rings is 1. The number of rotatable bonds is 5. The Hall–Kier alpha value is -1.55. The van der Waals surface area contributed by atoms with Crippen LogP contribution in [0.2, 0.25) is 0 Å². The molecule has 0 aliphatic rings. The topological polar surface area (TPSA) is 25.2 Å². The van der Waals surface area contributed by atoms with E-state index in [0.717, 1.165) is 28.7 Å². The molecule has 0 N–H and O–H groups in total. The summed E-state index contributed by atoms with van der Waals surface area (Å²) in [4.78, 5) is 14.5. The van der Waals surface area contributed by atoms with E-state index in [9.17, 15) is 4.79 Å². The molecule has 0 spiro atoms. The summed E-state index contributed by atoms with van der Waals surface area (Å²) >= 11 is 3.46. The quantitative estimate of drug-likeness (QED) is 0.781. The van der Waals surface area contributed by atoms with Crippen molar-refractivity contribution in [3.05, 3.63) is 58.3 Å². The van der Waals surface area contributed by atoms with Gasteiger partial charge in [0, 0.05) is 24.3 Å². The molecule has 21 heavy (non-hydrogen) atoms. The average molecular weight is 349 g/mol. The van der Waals surface area contributed by atoms with E-state index in [0.29, 0.717) is 0 Å². The lowest BCUT2D eigenvalue weighted by Gasteiger charge is -2.25. The van der Waals surface area contributed by atoms with Crippen molar-refractivity contribution >= 4 is 21.8 Å². The molecule has 112 valence electrons. The maximum absolute atomic E-state index is 12.8. The Kier molecular flexibility index (Phi) is 5.23. The highest BCUT2D eigenvalue weighted by Gasteiger charge is 2.21. The van der Waals surface area contributed by atoms with Gasteiger partial charge in [-0.25, -0.2) is 0 Å². The summed E-state index contributed by atoms with van der Waals surface area (Å²) in [5.74, 6) is 0.0468. The van der Waals surface area contributed by atoms with Gasteiger partial charge in [-0.05, 0) is 40.9 Å². The summed E-state index contributed by atoms with van der Waals surface area (Å²) in [7, 11) is 1.86. The maximum Gasteiger partial charge on any atom is 0.270 e. The smallest absolute Gasteiger partial charge is 0.270 e. The number of carbonyl (C=O) groups is 1. The van der Waals surface area contributed by atoms with Crippen molar-refractivity contribution < 1.29 is 4.79 Å². The van der Waals surface area contributed by atoms with Crippen LogP contribution in [-0.2, 0) is 6.54 Å². The first-order chi connectivity index (χ1) is 10.0. The van der Waals surface area contributed by atoms with Crippen LogP contribution in [0, 0.1) is 0 Å². The van der Waals surface area contributed by atoms with Crippen LogP contribution in [-0.4, -0.2) is 22.4 Å². The van der Waals surface area contributed by atoms with E-state index in [4.69, 9.17) is 0 Å². The zero-order valence-electron chi connectivity index (χ0n) is 12.7. The first kappa shape index (κ1) is 15.8. The molecule has 4 heteroatoms. The van der Waals surface area contributed by atoms with E-state index >= 15 is 0 Å². The Bertz CT molecular complexity index is 607. The van der Waals surface area contributed by atoms with Gasteiger partial charge in [0.05, 0.1) is 6.04 Å². The van der Waals surface area contributed by atoms with Crippen LogP contribution in [0.15, 0.2) is 47.1 Å². The van der Waals surface area contributed by atoms with Crippen molar-refractivity contribution in [3.63, 3.8) is 0 Å². The fourth-order valence-corrected chi connectivity index (χ4v) is 2.86. The van der Waals surface area contributed by atoms with E-state index < -0.39 is 0 Å². The lowest BCUT2D eigenvalue weighted by Crippen LogP contribution is -2.31. The van der Waals surface area contributed by atoms with Crippen molar-refractivity contribution in [2.45, 2.75) is 32.9 Å². The van der Waals surface area contributed by atoms with Crippen LogP contribution >= 0.6 is 15.9 Å². The Balaban J connectivity index is 2.23. The van der Waals surface area contributed by atoms with Gasteiger partial charge in [-0.15, -0.1) is 0 Å². The third-order valence-corrected chi connectivity index (χ3v) is 4.16. The average Bonchev–Trinajstić information content (AvgIpc) is 2.87. The Morgan fingerprint density at radius 3 is 2.62 bits per heavy atom. The minimum absolute atomic E-state index is 0.0439. The second-order valence-corrected chi connectivity index (χ2v) is 6.16. The number of nitrogens with zero attached hydrogens (tertiary/aromatic N) is 2. The zero-order chi connectivity index (χ0) is 15.4. The third-order valence-electron chi connectivity index (χ3n) is 3.73. The highest BCUT2D eigenvalue weighted by atomic mass is 79.9. The largest absolute Gasteiger partial charge is 0.342 e. The van der Waals surface area contributed by atoms with Gasteiger partial charge >= 0.3 is 0 Å². The van der Waals surface area contributed by atoms with E-state index in [2.05, 4.69) is 41.9 Å². The van der Waals surface area contributed by atoms with Crippen molar-refractivity contribution in [2.75, 3.05) is 7.05 Å². The second kappa shape index (κ2) is 6.94. The molecule has 0 saturated heterocycles. The molecule has 0 aliphatic heterocycles. The minimum Gasteiger partial charge on any atom is -0.342 e. The molecule has 0 fully saturated rings. The summed E-state index contributed by atoms with van der Waals surface area (Å²) in [6.45, 7) is 5.01. The van der Waals surface area contributed by atoms with Gasteiger partial charge in [-0.1, -0.05) is 37.3 Å². The summed E-state index contributed by atoms with van der Waals surface area (Å²) in [6.07, 6.45) is 2.97. The van der Waals surface area contributed by atoms with Crippen LogP contribution in [0.25, 0.3) is 0 Å². The molecule has 0 saturated carbocycles. The number of amides is 1. The summed E-state index contributed by atoms with van der Waals surface area (Å²) in [5, 5.41) is 0. The molecule has 1 unspecified atom stereocenters. The normalized spacial score (nSPS) is 12.2.